The molecule has 0 bridgehead atoms. The molecule has 0 atom stereocenters. The number of hydrogen-bond acceptors (Lipinski definition) is 0. The van der Waals surface area contributed by atoms with Gasteiger partial charge in [0.25, 0.3) is 0 Å². The quantitative estimate of drug-likeness (QED) is 0.606. The molecule has 0 saturated carbocycles. The molecule has 0 unspecified atom stereocenters. The van der Waals surface area contributed by atoms with E-state index in [1.54, 1.807) is 0 Å². The minimum Gasteiger partial charge on any atom is -0.205 e. The van der Waals surface area contributed by atoms with Gasteiger partial charge in [0.1, 0.15) is 0 Å². The van der Waals surface area contributed by atoms with Crippen molar-refractivity contribution in [2.75, 3.05) is 0 Å². The molecule has 90 valence electrons. The molecule has 0 heterocycles. The number of rotatable bonds is 0. The summed E-state index contributed by atoms with van der Waals surface area (Å²) in [6.07, 6.45) is -10.2. The van der Waals surface area contributed by atoms with E-state index in [1.165, 1.54) is 0 Å². The highest BCUT2D eigenvalue weighted by atomic mass is 35.5. The summed E-state index contributed by atoms with van der Waals surface area (Å²) in [5.41, 5.74) is -3.68. The summed E-state index contributed by atoms with van der Waals surface area (Å²) < 4.78 is 85.6. The largest absolute Gasteiger partial charge is 0.419 e. The predicted octanol–water partition coefficient (Wildman–Crippen LogP) is 4.52. The van der Waals surface area contributed by atoms with Crippen LogP contribution in [-0.2, 0) is 12.4 Å². The average molecular weight is 267 g/mol. The molecule has 0 fully saturated rings. The van der Waals surface area contributed by atoms with Crippen LogP contribution in [0.15, 0.2) is 12.1 Å². The van der Waals surface area contributed by atoms with E-state index in [4.69, 9.17) is 11.6 Å². The van der Waals surface area contributed by atoms with Gasteiger partial charge < -0.3 is 0 Å². The summed E-state index contributed by atoms with van der Waals surface area (Å²) in [5.74, 6) is -1.91. The third kappa shape index (κ3) is 2.58. The summed E-state index contributed by atoms with van der Waals surface area (Å²) in [4.78, 5) is 0. The average Bonchev–Trinajstić information content (AvgIpc) is 2.05. The lowest BCUT2D eigenvalue weighted by molar-refractivity contribution is -0.144. The van der Waals surface area contributed by atoms with Gasteiger partial charge >= 0.3 is 12.4 Å². The second-order valence-corrected chi connectivity index (χ2v) is 3.22. The summed E-state index contributed by atoms with van der Waals surface area (Å²) >= 11 is 4.96. The molecule has 0 amide bonds. The summed E-state index contributed by atoms with van der Waals surface area (Å²) in [5, 5.41) is -1.22. The molecule has 0 N–H and O–H groups in total. The fourth-order valence-electron chi connectivity index (χ4n) is 0.959. The van der Waals surface area contributed by atoms with Crippen LogP contribution in [0.3, 0.4) is 0 Å². The van der Waals surface area contributed by atoms with Crippen LogP contribution in [0.25, 0.3) is 0 Å². The number of halogens is 8. The third-order valence-corrected chi connectivity index (χ3v) is 1.94. The van der Waals surface area contributed by atoms with Crippen LogP contribution < -0.4 is 0 Å². The predicted molar refractivity (Wildman–Crippen MR) is 41.4 cm³/mol. The molecule has 16 heavy (non-hydrogen) atoms. The number of benzene rings is 1. The molecule has 0 radical (unpaired) electrons. The monoisotopic (exact) mass is 266 g/mol. The van der Waals surface area contributed by atoms with Gasteiger partial charge in [-0.1, -0.05) is 11.6 Å². The minimum absolute atomic E-state index is 0.103. The topological polar surface area (TPSA) is 0 Å². The molecule has 0 spiro atoms. The molecule has 0 aliphatic carbocycles. The highest BCUT2D eigenvalue weighted by Crippen LogP contribution is 2.39. The Labute approximate surface area is 89.6 Å². The van der Waals surface area contributed by atoms with Crippen molar-refractivity contribution in [3.05, 3.63) is 34.1 Å². The Kier molecular flexibility index (Phi) is 3.11. The van der Waals surface area contributed by atoms with Gasteiger partial charge in [-0.3, -0.25) is 0 Å². The summed E-state index contributed by atoms with van der Waals surface area (Å²) in [7, 11) is 0. The van der Waals surface area contributed by atoms with Gasteiger partial charge in [-0.2, -0.15) is 26.3 Å². The van der Waals surface area contributed by atoms with E-state index in [-0.39, 0.29) is 12.1 Å². The third-order valence-electron chi connectivity index (χ3n) is 1.66. The normalized spacial score (nSPS) is 13.0. The molecule has 0 aliphatic heterocycles. The van der Waals surface area contributed by atoms with Crippen molar-refractivity contribution in [1.82, 2.24) is 0 Å². The zero-order chi connectivity index (χ0) is 12.7. The van der Waals surface area contributed by atoms with E-state index in [0.717, 1.165) is 0 Å². The first kappa shape index (κ1) is 13.1. The van der Waals surface area contributed by atoms with Gasteiger partial charge in [-0.15, -0.1) is 0 Å². The first-order chi connectivity index (χ1) is 7.03. The van der Waals surface area contributed by atoms with Gasteiger partial charge in [0, 0.05) is 0 Å². The zero-order valence-electron chi connectivity index (χ0n) is 7.18. The standard InChI is InChI=1S/C8H2ClF7/c9-5-2-3(7(11,12)13)1-4(6(5)10)8(14,15)16/h1-2H. The lowest BCUT2D eigenvalue weighted by Crippen LogP contribution is -2.13. The smallest absolute Gasteiger partial charge is 0.205 e. The highest BCUT2D eigenvalue weighted by molar-refractivity contribution is 6.30. The molecule has 1 rings (SSSR count). The van der Waals surface area contributed by atoms with E-state index < -0.39 is 34.3 Å². The second-order valence-electron chi connectivity index (χ2n) is 2.82. The van der Waals surface area contributed by atoms with Crippen LogP contribution in [-0.4, -0.2) is 0 Å². The molecule has 0 aliphatic rings. The maximum absolute atomic E-state index is 12.8. The van der Waals surface area contributed by atoms with Gasteiger partial charge in [0.2, 0.25) is 0 Å². The van der Waals surface area contributed by atoms with E-state index in [0.29, 0.717) is 0 Å². The lowest BCUT2D eigenvalue weighted by atomic mass is 10.1. The van der Waals surface area contributed by atoms with Crippen molar-refractivity contribution >= 4 is 11.6 Å². The summed E-state index contributed by atoms with van der Waals surface area (Å²) in [6.45, 7) is 0. The van der Waals surface area contributed by atoms with Crippen LogP contribution in [0.1, 0.15) is 11.1 Å². The Hall–Kier alpha value is -0.980. The molecule has 0 saturated heterocycles. The maximum Gasteiger partial charge on any atom is 0.419 e. The minimum atomic E-state index is -5.23. The molecule has 0 aromatic heterocycles. The number of alkyl halides is 6. The van der Waals surface area contributed by atoms with Crippen LogP contribution in [0, 0.1) is 5.82 Å². The van der Waals surface area contributed by atoms with Gasteiger partial charge in [0.15, 0.2) is 5.82 Å². The van der Waals surface area contributed by atoms with E-state index in [9.17, 15) is 30.7 Å². The van der Waals surface area contributed by atoms with Gasteiger partial charge in [-0.05, 0) is 12.1 Å². The van der Waals surface area contributed by atoms with Crippen molar-refractivity contribution in [3.8, 4) is 0 Å². The Morgan fingerprint density at radius 1 is 0.875 bits per heavy atom. The second kappa shape index (κ2) is 3.80. The van der Waals surface area contributed by atoms with Gasteiger partial charge in [-0.25, -0.2) is 4.39 Å². The molecule has 1 aromatic rings. The van der Waals surface area contributed by atoms with Crippen LogP contribution in [0.5, 0.6) is 0 Å². The Bertz CT molecular complexity index is 404. The van der Waals surface area contributed by atoms with Crippen molar-refractivity contribution in [3.63, 3.8) is 0 Å². The maximum atomic E-state index is 12.8. The molecule has 0 nitrogen and oxygen atoms in total. The summed E-state index contributed by atoms with van der Waals surface area (Å²) in [6, 6.07) is -0.215. The lowest BCUT2D eigenvalue weighted by Gasteiger charge is -2.13. The SMILES string of the molecule is Fc1c(Cl)cc(C(F)(F)F)cc1C(F)(F)F. The Morgan fingerprint density at radius 3 is 1.75 bits per heavy atom. The van der Waals surface area contributed by atoms with E-state index in [2.05, 4.69) is 0 Å². The Balaban J connectivity index is 3.46. The fourth-order valence-corrected chi connectivity index (χ4v) is 1.18. The van der Waals surface area contributed by atoms with Crippen LogP contribution in [0.4, 0.5) is 30.7 Å². The first-order valence-electron chi connectivity index (χ1n) is 3.67. The van der Waals surface area contributed by atoms with Crippen LogP contribution >= 0.6 is 11.6 Å². The number of hydrogen-bond donors (Lipinski definition) is 0. The molecule has 8 heteroatoms. The van der Waals surface area contributed by atoms with E-state index in [1.807, 2.05) is 0 Å². The van der Waals surface area contributed by atoms with Gasteiger partial charge in [0.05, 0.1) is 16.1 Å². The Morgan fingerprint density at radius 2 is 1.38 bits per heavy atom. The van der Waals surface area contributed by atoms with Crippen molar-refractivity contribution < 1.29 is 30.7 Å². The van der Waals surface area contributed by atoms with Crippen LogP contribution in [0.2, 0.25) is 5.02 Å². The van der Waals surface area contributed by atoms with Crippen molar-refractivity contribution in [2.24, 2.45) is 0 Å². The van der Waals surface area contributed by atoms with Crippen molar-refractivity contribution in [2.45, 2.75) is 12.4 Å². The zero-order valence-corrected chi connectivity index (χ0v) is 7.93. The first-order valence-corrected chi connectivity index (χ1v) is 4.04. The molecule has 1 aromatic carbocycles. The molecular weight excluding hydrogens is 265 g/mol. The highest BCUT2D eigenvalue weighted by Gasteiger charge is 2.39. The van der Waals surface area contributed by atoms with E-state index >= 15 is 0 Å². The fraction of sp³-hybridized carbons (Fsp3) is 0.250. The molecular formula is C8H2ClF7. The van der Waals surface area contributed by atoms with Crippen molar-refractivity contribution in [1.29, 1.82) is 0 Å².